The molecule has 0 aliphatic carbocycles. The minimum Gasteiger partial charge on any atom is -0.295 e. The molecule has 66 valence electrons. The topological polar surface area (TPSA) is 17.1 Å². The summed E-state index contributed by atoms with van der Waals surface area (Å²) in [5.41, 5.74) is 1.78. The molecule has 0 aromatic heterocycles. The number of hydrogen-bond donors (Lipinski definition) is 0. The normalized spacial score (nSPS) is 10.2. The average Bonchev–Trinajstić information content (AvgIpc) is 2.15. The highest BCUT2D eigenvalue weighted by Crippen LogP contribution is 2.06. The van der Waals surface area contributed by atoms with Gasteiger partial charge in [0.1, 0.15) is 0 Å². The molecule has 0 amide bonds. The summed E-state index contributed by atoms with van der Waals surface area (Å²) >= 11 is 4.65. The Kier molecular flexibility index (Phi) is 3.53. The molecule has 1 nitrogen and oxygen atoms in total. The van der Waals surface area contributed by atoms with Gasteiger partial charge in [-0.15, -0.1) is 0 Å². The summed E-state index contributed by atoms with van der Waals surface area (Å²) in [4.78, 5) is 10.9. The molecule has 2 heteroatoms. The van der Waals surface area contributed by atoms with Crippen LogP contribution in [0.25, 0.3) is 6.08 Å². The summed E-state index contributed by atoms with van der Waals surface area (Å²) in [5, 5.41) is 1.55. The van der Waals surface area contributed by atoms with Gasteiger partial charge in [-0.25, -0.2) is 0 Å². The fraction of sp³-hybridized carbons (Fsp3) is 0.0909. The zero-order valence-corrected chi connectivity index (χ0v) is 8.17. The summed E-state index contributed by atoms with van der Waals surface area (Å²) in [6, 6.07) is 7.41. The SMILES string of the molecule is CC(=O)c1ccc(C=CC=S)cc1. The van der Waals surface area contributed by atoms with Crippen LogP contribution in [-0.2, 0) is 0 Å². The fourth-order valence-corrected chi connectivity index (χ4v) is 1.06. The van der Waals surface area contributed by atoms with Crippen molar-refractivity contribution in [2.24, 2.45) is 0 Å². The van der Waals surface area contributed by atoms with Crippen molar-refractivity contribution in [2.45, 2.75) is 6.92 Å². The van der Waals surface area contributed by atoms with Crippen LogP contribution >= 0.6 is 12.2 Å². The van der Waals surface area contributed by atoms with E-state index < -0.39 is 0 Å². The second kappa shape index (κ2) is 4.67. The van der Waals surface area contributed by atoms with Crippen molar-refractivity contribution in [1.29, 1.82) is 0 Å². The van der Waals surface area contributed by atoms with Gasteiger partial charge < -0.3 is 0 Å². The number of rotatable bonds is 3. The van der Waals surface area contributed by atoms with E-state index in [1.807, 2.05) is 30.3 Å². The van der Waals surface area contributed by atoms with Crippen LogP contribution in [0.5, 0.6) is 0 Å². The molecule has 0 aliphatic rings. The highest BCUT2D eigenvalue weighted by Gasteiger charge is 1.96. The van der Waals surface area contributed by atoms with Gasteiger partial charge in [0.2, 0.25) is 0 Å². The second-order valence-electron chi connectivity index (χ2n) is 2.67. The number of hydrogen-bond acceptors (Lipinski definition) is 2. The standard InChI is InChI=1S/C11H10OS/c1-9(12)11-6-4-10(5-7-11)3-2-8-13/h2-8H,1H3. The number of carbonyl (C=O) groups excluding carboxylic acids is 1. The van der Waals surface area contributed by atoms with Gasteiger partial charge >= 0.3 is 0 Å². The van der Waals surface area contributed by atoms with E-state index in [-0.39, 0.29) is 5.78 Å². The van der Waals surface area contributed by atoms with E-state index in [2.05, 4.69) is 12.2 Å². The first-order valence-corrected chi connectivity index (χ1v) is 4.44. The summed E-state index contributed by atoms with van der Waals surface area (Å²) in [6.45, 7) is 1.56. The Morgan fingerprint density at radius 2 is 1.92 bits per heavy atom. The maximum Gasteiger partial charge on any atom is 0.159 e. The first kappa shape index (κ1) is 9.81. The Hall–Kier alpha value is -1.28. The van der Waals surface area contributed by atoms with Crippen LogP contribution in [-0.4, -0.2) is 11.2 Å². The van der Waals surface area contributed by atoms with Crippen LogP contribution in [0.15, 0.2) is 30.3 Å². The number of benzene rings is 1. The summed E-state index contributed by atoms with van der Waals surface area (Å²) in [5.74, 6) is 0.0883. The van der Waals surface area contributed by atoms with Crippen LogP contribution in [0.2, 0.25) is 0 Å². The van der Waals surface area contributed by atoms with Crippen molar-refractivity contribution in [3.63, 3.8) is 0 Å². The lowest BCUT2D eigenvalue weighted by Gasteiger charge is -1.95. The van der Waals surface area contributed by atoms with Crippen LogP contribution in [0.3, 0.4) is 0 Å². The van der Waals surface area contributed by atoms with E-state index in [1.54, 1.807) is 18.4 Å². The quantitative estimate of drug-likeness (QED) is 0.414. The minimum absolute atomic E-state index is 0.0883. The maximum atomic E-state index is 10.9. The highest BCUT2D eigenvalue weighted by molar-refractivity contribution is 7.79. The molecule has 1 aromatic rings. The van der Waals surface area contributed by atoms with Gasteiger partial charge in [-0.3, -0.25) is 4.79 Å². The van der Waals surface area contributed by atoms with Crippen molar-refractivity contribution in [3.05, 3.63) is 41.5 Å². The number of Topliss-reactive ketones (excluding diaryl/α,β-unsaturated/α-hetero) is 1. The zero-order chi connectivity index (χ0) is 9.68. The summed E-state index contributed by atoms with van der Waals surface area (Å²) < 4.78 is 0. The highest BCUT2D eigenvalue weighted by atomic mass is 32.1. The van der Waals surface area contributed by atoms with E-state index >= 15 is 0 Å². The van der Waals surface area contributed by atoms with Crippen LogP contribution in [0.4, 0.5) is 0 Å². The first-order valence-electron chi connectivity index (χ1n) is 3.97. The lowest BCUT2D eigenvalue weighted by Crippen LogP contribution is -1.90. The smallest absolute Gasteiger partial charge is 0.159 e. The Morgan fingerprint density at radius 1 is 1.31 bits per heavy atom. The molecule has 0 saturated carbocycles. The molecule has 0 unspecified atom stereocenters. The van der Waals surface area contributed by atoms with E-state index in [9.17, 15) is 4.79 Å². The predicted molar refractivity (Wildman–Crippen MR) is 59.1 cm³/mol. The molecule has 0 spiro atoms. The molecule has 13 heavy (non-hydrogen) atoms. The molecule has 0 N–H and O–H groups in total. The molecule has 1 rings (SSSR count). The molecule has 1 aromatic carbocycles. The van der Waals surface area contributed by atoms with Crippen molar-refractivity contribution in [2.75, 3.05) is 0 Å². The van der Waals surface area contributed by atoms with Gasteiger partial charge in [-0.2, -0.15) is 0 Å². The van der Waals surface area contributed by atoms with Crippen LogP contribution < -0.4 is 0 Å². The molecule has 0 aliphatic heterocycles. The summed E-state index contributed by atoms with van der Waals surface area (Å²) in [7, 11) is 0. The van der Waals surface area contributed by atoms with Crippen LogP contribution in [0, 0.1) is 0 Å². The van der Waals surface area contributed by atoms with Crippen LogP contribution in [0.1, 0.15) is 22.8 Å². The Morgan fingerprint density at radius 3 is 2.38 bits per heavy atom. The van der Waals surface area contributed by atoms with Crippen molar-refractivity contribution < 1.29 is 4.79 Å². The molecule has 0 fully saturated rings. The largest absolute Gasteiger partial charge is 0.295 e. The van der Waals surface area contributed by atoms with E-state index in [4.69, 9.17) is 0 Å². The van der Waals surface area contributed by atoms with Crippen molar-refractivity contribution in [3.8, 4) is 0 Å². The van der Waals surface area contributed by atoms with Gasteiger partial charge in [-0.05, 0) is 12.5 Å². The number of ketones is 1. The molecular weight excluding hydrogens is 180 g/mol. The molecule has 0 saturated heterocycles. The van der Waals surface area contributed by atoms with E-state index in [0.717, 1.165) is 11.1 Å². The fourth-order valence-electron chi connectivity index (χ4n) is 0.979. The maximum absolute atomic E-state index is 10.9. The average molecular weight is 190 g/mol. The molecular formula is C11H10OS. The zero-order valence-electron chi connectivity index (χ0n) is 7.36. The lowest BCUT2D eigenvalue weighted by atomic mass is 10.1. The molecule has 0 bridgehead atoms. The summed E-state index contributed by atoms with van der Waals surface area (Å²) in [6.07, 6.45) is 3.69. The Bertz CT molecular complexity index is 336. The van der Waals surface area contributed by atoms with Gasteiger partial charge in [-0.1, -0.05) is 48.6 Å². The van der Waals surface area contributed by atoms with Gasteiger partial charge in [0.15, 0.2) is 5.78 Å². The third-order valence-corrected chi connectivity index (χ3v) is 1.84. The molecule has 0 heterocycles. The predicted octanol–water partition coefficient (Wildman–Crippen LogP) is 2.90. The lowest BCUT2D eigenvalue weighted by molar-refractivity contribution is 0.101. The van der Waals surface area contributed by atoms with Gasteiger partial charge in [0, 0.05) is 10.9 Å². The number of allylic oxidation sites excluding steroid dienone is 1. The Labute approximate surface area is 83.1 Å². The van der Waals surface area contributed by atoms with Gasteiger partial charge in [0.25, 0.3) is 0 Å². The van der Waals surface area contributed by atoms with Gasteiger partial charge in [0.05, 0.1) is 0 Å². The third kappa shape index (κ3) is 2.92. The number of thiocarbonyl (C=S) groups is 1. The monoisotopic (exact) mass is 190 g/mol. The van der Waals surface area contributed by atoms with Crippen molar-refractivity contribution in [1.82, 2.24) is 0 Å². The minimum atomic E-state index is 0.0883. The molecule has 0 atom stereocenters. The van der Waals surface area contributed by atoms with E-state index in [1.165, 1.54) is 0 Å². The number of carbonyl (C=O) groups is 1. The molecule has 0 radical (unpaired) electrons. The van der Waals surface area contributed by atoms with Crippen molar-refractivity contribution >= 4 is 29.4 Å². The second-order valence-corrected chi connectivity index (χ2v) is 2.95. The van der Waals surface area contributed by atoms with E-state index in [0.29, 0.717) is 0 Å². The third-order valence-electron chi connectivity index (χ3n) is 1.68. The Balaban J connectivity index is 2.87. The first-order chi connectivity index (χ1) is 6.24.